The Labute approximate surface area is 187 Å². The first-order chi connectivity index (χ1) is 14.6. The predicted molar refractivity (Wildman–Crippen MR) is 106 cm³/mol. The van der Waals surface area contributed by atoms with Gasteiger partial charge in [-0.2, -0.15) is 5.10 Å². The molecule has 0 aliphatic heterocycles. The summed E-state index contributed by atoms with van der Waals surface area (Å²) < 4.78 is 58.2. The summed E-state index contributed by atoms with van der Waals surface area (Å²) in [6, 6.07) is 5.57. The van der Waals surface area contributed by atoms with E-state index in [0.29, 0.717) is 10.7 Å². The summed E-state index contributed by atoms with van der Waals surface area (Å²) in [5, 5.41) is 16.8. The van der Waals surface area contributed by atoms with Crippen molar-refractivity contribution in [3.8, 4) is 0 Å². The molecule has 0 saturated carbocycles. The molecule has 164 valence electrons. The Morgan fingerprint density at radius 3 is 2.35 bits per heavy atom. The van der Waals surface area contributed by atoms with Crippen LogP contribution in [0.5, 0.6) is 0 Å². The molecule has 0 unspecified atom stereocenters. The van der Waals surface area contributed by atoms with Crippen LogP contribution in [-0.4, -0.2) is 20.6 Å². The largest absolute Gasteiger partial charge is 0.454 e. The van der Waals surface area contributed by atoms with E-state index >= 15 is 0 Å². The van der Waals surface area contributed by atoms with Crippen LogP contribution < -0.4 is 5.32 Å². The molecule has 0 saturated heterocycles. The van der Waals surface area contributed by atoms with Gasteiger partial charge < -0.3 is 9.73 Å². The number of nitro benzene ring substituents is 1. The Morgan fingerprint density at radius 1 is 1.16 bits per heavy atom. The molecule has 2 aromatic heterocycles. The van der Waals surface area contributed by atoms with E-state index in [1.807, 2.05) is 0 Å². The smallest absolute Gasteiger partial charge is 0.291 e. The molecule has 0 spiro atoms. The number of nitrogens with zero attached hydrogens (tertiary/aromatic N) is 3. The summed E-state index contributed by atoms with van der Waals surface area (Å²) in [5.41, 5.74) is -1.53. The first-order valence-electron chi connectivity index (χ1n) is 8.24. The van der Waals surface area contributed by atoms with Gasteiger partial charge in [-0.05, 0) is 50.1 Å². The van der Waals surface area contributed by atoms with E-state index in [1.165, 1.54) is 24.3 Å². The first kappa shape index (κ1) is 22.9. The molecule has 0 bridgehead atoms. The monoisotopic (exact) mass is 568 g/mol. The van der Waals surface area contributed by atoms with Gasteiger partial charge in [0.2, 0.25) is 0 Å². The van der Waals surface area contributed by atoms with Crippen molar-refractivity contribution >= 4 is 49.1 Å². The highest BCUT2D eigenvalue weighted by molar-refractivity contribution is 9.11. The van der Waals surface area contributed by atoms with Gasteiger partial charge in [-0.15, -0.1) is 0 Å². The quantitative estimate of drug-likeness (QED) is 0.211. The molecule has 0 atom stereocenters. The van der Waals surface area contributed by atoms with E-state index in [2.05, 4.69) is 42.3 Å². The minimum Gasteiger partial charge on any atom is -0.454 e. The van der Waals surface area contributed by atoms with Crippen molar-refractivity contribution in [3.63, 3.8) is 0 Å². The number of halogens is 6. The van der Waals surface area contributed by atoms with Gasteiger partial charge in [0.1, 0.15) is 17.1 Å². The predicted octanol–water partition coefficient (Wildman–Crippen LogP) is 6.09. The number of alkyl halides is 4. The van der Waals surface area contributed by atoms with E-state index in [4.69, 9.17) is 4.42 Å². The number of anilines is 1. The highest BCUT2D eigenvalue weighted by atomic mass is 79.9. The van der Waals surface area contributed by atoms with E-state index < -0.39 is 41.6 Å². The summed E-state index contributed by atoms with van der Waals surface area (Å²) >= 11 is 6.26. The zero-order valence-corrected chi connectivity index (χ0v) is 18.2. The molecule has 3 rings (SSSR count). The third-order valence-electron chi connectivity index (χ3n) is 3.94. The highest BCUT2D eigenvalue weighted by Crippen LogP contribution is 2.35. The minimum absolute atomic E-state index is 0.0257. The number of aromatic nitrogens is 2. The van der Waals surface area contributed by atoms with Gasteiger partial charge in [-0.1, -0.05) is 0 Å². The second-order valence-corrected chi connectivity index (χ2v) is 7.72. The van der Waals surface area contributed by atoms with Crippen molar-refractivity contribution in [2.24, 2.45) is 0 Å². The molecule has 0 aliphatic rings. The summed E-state index contributed by atoms with van der Waals surface area (Å²) in [5.74, 6) is -0.908. The molecule has 0 aliphatic carbocycles. The first-order valence-corrected chi connectivity index (χ1v) is 9.83. The number of amides is 1. The Bertz CT molecular complexity index is 1130. The molecule has 14 heteroatoms. The number of hydrogen-bond donors (Lipinski definition) is 1. The average molecular weight is 570 g/mol. The van der Waals surface area contributed by atoms with Crippen LogP contribution in [0.4, 0.5) is 28.9 Å². The van der Waals surface area contributed by atoms with Crippen LogP contribution in [0.15, 0.2) is 43.7 Å². The fraction of sp³-hybridized carbons (Fsp3) is 0.176. The fourth-order valence-corrected chi connectivity index (χ4v) is 3.91. The summed E-state index contributed by atoms with van der Waals surface area (Å²) in [6.07, 6.45) is -6.05. The number of nitrogens with one attached hydrogen (secondary N) is 1. The van der Waals surface area contributed by atoms with Gasteiger partial charge in [0.05, 0.1) is 17.2 Å². The number of benzene rings is 1. The number of carbonyl (C=O) groups is 1. The third-order valence-corrected chi connectivity index (χ3v) is 5.20. The third kappa shape index (κ3) is 5.12. The standard InChI is InChI=1S/C17H10Br2F4N4O4/c18-9-3-7(27(29)30)4-10(19)14(9)24-17(28)13-2-1-8(31-13)6-26-12(16(22)23)5-11(25-26)15(20)21/h1-5,15-16H,6H2,(H,24,28). The zero-order valence-electron chi connectivity index (χ0n) is 15.0. The lowest BCUT2D eigenvalue weighted by molar-refractivity contribution is -0.385. The molecule has 1 amide bonds. The van der Waals surface area contributed by atoms with Gasteiger partial charge >= 0.3 is 0 Å². The van der Waals surface area contributed by atoms with Crippen molar-refractivity contribution in [2.75, 3.05) is 5.32 Å². The lowest BCUT2D eigenvalue weighted by Gasteiger charge is -2.08. The van der Waals surface area contributed by atoms with Crippen LogP contribution in [0, 0.1) is 10.1 Å². The number of nitro groups is 1. The van der Waals surface area contributed by atoms with Crippen molar-refractivity contribution in [1.82, 2.24) is 9.78 Å². The number of rotatable bonds is 7. The molecule has 8 nitrogen and oxygen atoms in total. The normalized spacial score (nSPS) is 11.4. The van der Waals surface area contributed by atoms with E-state index in [1.54, 1.807) is 0 Å². The van der Waals surface area contributed by atoms with Crippen molar-refractivity contribution in [3.05, 3.63) is 72.3 Å². The molecule has 0 fully saturated rings. The minimum atomic E-state index is -3.03. The van der Waals surface area contributed by atoms with Crippen LogP contribution in [0.25, 0.3) is 0 Å². The summed E-state index contributed by atoms with van der Waals surface area (Å²) in [4.78, 5) is 22.7. The molecule has 31 heavy (non-hydrogen) atoms. The molecule has 1 aromatic carbocycles. The van der Waals surface area contributed by atoms with Crippen molar-refractivity contribution in [1.29, 1.82) is 0 Å². The van der Waals surface area contributed by atoms with Crippen molar-refractivity contribution < 1.29 is 31.7 Å². The van der Waals surface area contributed by atoms with Crippen LogP contribution >= 0.6 is 31.9 Å². The van der Waals surface area contributed by atoms with Gasteiger partial charge in [0, 0.05) is 21.1 Å². The summed E-state index contributed by atoms with van der Waals surface area (Å²) in [7, 11) is 0. The molecule has 0 radical (unpaired) electrons. The molecule has 1 N–H and O–H groups in total. The molecular weight excluding hydrogens is 560 g/mol. The van der Waals surface area contributed by atoms with E-state index in [-0.39, 0.29) is 31.8 Å². The van der Waals surface area contributed by atoms with Gasteiger partial charge in [-0.25, -0.2) is 17.6 Å². The topological polar surface area (TPSA) is 103 Å². The maximum Gasteiger partial charge on any atom is 0.291 e. The Kier molecular flexibility index (Phi) is 6.79. The summed E-state index contributed by atoms with van der Waals surface area (Å²) in [6.45, 7) is -0.398. The maximum absolute atomic E-state index is 13.1. The number of furan rings is 1. The maximum atomic E-state index is 13.1. The fourth-order valence-electron chi connectivity index (χ4n) is 2.55. The number of hydrogen-bond acceptors (Lipinski definition) is 5. The Balaban J connectivity index is 1.79. The number of non-ortho nitro benzene ring substituents is 1. The van der Waals surface area contributed by atoms with Gasteiger partial charge in [0.25, 0.3) is 24.4 Å². The molecule has 2 heterocycles. The van der Waals surface area contributed by atoms with Crippen LogP contribution in [-0.2, 0) is 6.54 Å². The second kappa shape index (κ2) is 9.18. The van der Waals surface area contributed by atoms with Crippen LogP contribution in [0.2, 0.25) is 0 Å². The lowest BCUT2D eigenvalue weighted by Crippen LogP contribution is -2.12. The van der Waals surface area contributed by atoms with Gasteiger partial charge in [0.15, 0.2) is 5.76 Å². The highest BCUT2D eigenvalue weighted by Gasteiger charge is 2.23. The molecular formula is C17H10Br2F4N4O4. The second-order valence-electron chi connectivity index (χ2n) is 6.01. The van der Waals surface area contributed by atoms with Crippen molar-refractivity contribution in [2.45, 2.75) is 19.4 Å². The zero-order chi connectivity index (χ0) is 22.9. The Hall–Kier alpha value is -2.74. The number of carbonyl (C=O) groups excluding carboxylic acids is 1. The average Bonchev–Trinajstić information content (AvgIpc) is 3.32. The van der Waals surface area contributed by atoms with E-state index in [0.717, 1.165) is 0 Å². The molecule has 3 aromatic rings. The van der Waals surface area contributed by atoms with Gasteiger partial charge in [-0.3, -0.25) is 19.6 Å². The van der Waals surface area contributed by atoms with Crippen LogP contribution in [0.3, 0.4) is 0 Å². The SMILES string of the molecule is O=C(Nc1c(Br)cc([N+](=O)[O-])cc1Br)c1ccc(Cn2nc(C(F)F)cc2C(F)F)o1. The lowest BCUT2D eigenvalue weighted by atomic mass is 10.2. The Morgan fingerprint density at radius 2 is 1.81 bits per heavy atom. The van der Waals surface area contributed by atoms with E-state index in [9.17, 15) is 32.5 Å². The van der Waals surface area contributed by atoms with Crippen LogP contribution in [0.1, 0.15) is 40.6 Å².